The molecule has 0 fully saturated rings. The van der Waals surface area contributed by atoms with Crippen LogP contribution in [0.1, 0.15) is 84.0 Å². The van der Waals surface area contributed by atoms with Crippen molar-refractivity contribution >= 4 is 5.78 Å². The molecular weight excluding hydrogens is 264 g/mol. The van der Waals surface area contributed by atoms with Crippen LogP contribution in [0.5, 0.6) is 0 Å². The van der Waals surface area contributed by atoms with Crippen LogP contribution in [-0.4, -0.2) is 32.7 Å². The third-order valence-corrected chi connectivity index (χ3v) is 3.77. The van der Waals surface area contributed by atoms with Gasteiger partial charge in [0.2, 0.25) is 0 Å². The summed E-state index contributed by atoms with van der Waals surface area (Å²) in [4.78, 5) is 11.6. The van der Waals surface area contributed by atoms with Gasteiger partial charge in [-0.25, -0.2) is 0 Å². The molecule has 3 heteroatoms. The zero-order chi connectivity index (χ0) is 15.6. The average molecular weight is 300 g/mol. The van der Waals surface area contributed by atoms with Crippen molar-refractivity contribution in [2.75, 3.05) is 26.9 Å². The molecular formula is C18H36O3. The fraction of sp³-hybridized carbons (Fsp3) is 0.944. The van der Waals surface area contributed by atoms with Gasteiger partial charge in [0, 0.05) is 20.0 Å². The Morgan fingerprint density at radius 3 is 1.86 bits per heavy atom. The quantitative estimate of drug-likeness (QED) is 0.358. The van der Waals surface area contributed by atoms with Crippen LogP contribution in [0.4, 0.5) is 0 Å². The van der Waals surface area contributed by atoms with E-state index >= 15 is 0 Å². The Morgan fingerprint density at radius 1 is 0.714 bits per heavy atom. The maximum atomic E-state index is 11.6. The molecule has 21 heavy (non-hydrogen) atoms. The van der Waals surface area contributed by atoms with Gasteiger partial charge in [-0.2, -0.15) is 0 Å². The van der Waals surface area contributed by atoms with Crippen molar-refractivity contribution in [1.29, 1.82) is 0 Å². The van der Waals surface area contributed by atoms with Crippen LogP contribution < -0.4 is 0 Å². The Morgan fingerprint density at radius 2 is 1.29 bits per heavy atom. The molecule has 0 aromatic rings. The lowest BCUT2D eigenvalue weighted by molar-refractivity contribution is -0.120. The Bertz CT molecular complexity index is 217. The fourth-order valence-electron chi connectivity index (χ4n) is 2.36. The van der Waals surface area contributed by atoms with Crippen LogP contribution in [0, 0.1) is 0 Å². The summed E-state index contributed by atoms with van der Waals surface area (Å²) in [6.45, 7) is 3.99. The van der Waals surface area contributed by atoms with E-state index in [9.17, 15) is 4.79 Å². The van der Waals surface area contributed by atoms with Crippen LogP contribution in [0.15, 0.2) is 0 Å². The highest BCUT2D eigenvalue weighted by Crippen LogP contribution is 2.11. The van der Waals surface area contributed by atoms with Crippen molar-refractivity contribution in [3.05, 3.63) is 0 Å². The maximum Gasteiger partial charge on any atom is 0.135 e. The third-order valence-electron chi connectivity index (χ3n) is 3.77. The van der Waals surface area contributed by atoms with Crippen molar-refractivity contribution in [2.45, 2.75) is 84.0 Å². The lowest BCUT2D eigenvalue weighted by Gasteiger charge is -2.04. The zero-order valence-corrected chi connectivity index (χ0v) is 14.3. The predicted molar refractivity (Wildman–Crippen MR) is 88.8 cm³/mol. The molecule has 0 aromatic heterocycles. The molecule has 0 unspecified atom stereocenters. The monoisotopic (exact) mass is 300 g/mol. The second kappa shape index (κ2) is 17.6. The fourth-order valence-corrected chi connectivity index (χ4v) is 2.36. The number of ketones is 1. The topological polar surface area (TPSA) is 35.5 Å². The lowest BCUT2D eigenvalue weighted by atomic mass is 10.0. The summed E-state index contributed by atoms with van der Waals surface area (Å²) in [6.07, 6.45) is 14.4. The molecule has 0 spiro atoms. The van der Waals surface area contributed by atoms with Gasteiger partial charge >= 0.3 is 0 Å². The SMILES string of the molecule is CCCCCCCCCCCCC(=O)CCOCCOC. The number of hydrogen-bond acceptors (Lipinski definition) is 3. The first-order chi connectivity index (χ1) is 10.3. The van der Waals surface area contributed by atoms with Crippen molar-refractivity contribution in [3.63, 3.8) is 0 Å². The summed E-state index contributed by atoms with van der Waals surface area (Å²) in [5, 5.41) is 0. The summed E-state index contributed by atoms with van der Waals surface area (Å²) >= 11 is 0. The second-order valence-electron chi connectivity index (χ2n) is 5.83. The summed E-state index contributed by atoms with van der Waals surface area (Å²) in [5.74, 6) is 0.340. The van der Waals surface area contributed by atoms with Gasteiger partial charge in [-0.1, -0.05) is 64.7 Å². The van der Waals surface area contributed by atoms with Crippen molar-refractivity contribution in [3.8, 4) is 0 Å². The van der Waals surface area contributed by atoms with Crippen molar-refractivity contribution in [1.82, 2.24) is 0 Å². The molecule has 0 aliphatic heterocycles. The minimum atomic E-state index is 0.340. The van der Waals surface area contributed by atoms with Gasteiger partial charge in [0.1, 0.15) is 5.78 Å². The number of Topliss-reactive ketones (excluding diaryl/α,β-unsaturated/α-hetero) is 1. The molecule has 0 atom stereocenters. The number of hydrogen-bond donors (Lipinski definition) is 0. The van der Waals surface area contributed by atoms with E-state index in [1.807, 2.05) is 0 Å². The average Bonchev–Trinajstić information content (AvgIpc) is 2.49. The Balaban J connectivity index is 3.11. The molecule has 0 bridgehead atoms. The van der Waals surface area contributed by atoms with E-state index in [0.717, 1.165) is 12.8 Å². The summed E-state index contributed by atoms with van der Waals surface area (Å²) in [5.41, 5.74) is 0. The lowest BCUT2D eigenvalue weighted by Crippen LogP contribution is -2.07. The summed E-state index contributed by atoms with van der Waals surface area (Å²) in [6, 6.07) is 0. The van der Waals surface area contributed by atoms with Gasteiger partial charge in [0.05, 0.1) is 19.8 Å². The summed E-state index contributed by atoms with van der Waals surface area (Å²) < 4.78 is 10.2. The first-order valence-corrected chi connectivity index (χ1v) is 8.89. The molecule has 0 radical (unpaired) electrons. The number of carbonyl (C=O) groups is 1. The highest BCUT2D eigenvalue weighted by atomic mass is 16.5. The minimum Gasteiger partial charge on any atom is -0.382 e. The Kier molecular flexibility index (Phi) is 17.3. The number of ether oxygens (including phenoxy) is 2. The number of methoxy groups -OCH3 is 1. The van der Waals surface area contributed by atoms with E-state index in [1.165, 1.54) is 57.8 Å². The molecule has 0 saturated carbocycles. The van der Waals surface area contributed by atoms with Crippen LogP contribution >= 0.6 is 0 Å². The van der Waals surface area contributed by atoms with E-state index in [1.54, 1.807) is 7.11 Å². The molecule has 0 aromatic carbocycles. The van der Waals surface area contributed by atoms with Crippen LogP contribution in [0.3, 0.4) is 0 Å². The number of unbranched alkanes of at least 4 members (excludes halogenated alkanes) is 9. The standard InChI is InChI=1S/C18H36O3/c1-3-4-5-6-7-8-9-10-11-12-13-18(19)14-15-21-17-16-20-2/h3-17H2,1-2H3. The first kappa shape index (κ1) is 20.6. The van der Waals surface area contributed by atoms with Crippen LogP contribution in [-0.2, 0) is 14.3 Å². The van der Waals surface area contributed by atoms with Gasteiger partial charge in [-0.15, -0.1) is 0 Å². The third kappa shape index (κ3) is 17.5. The minimum absolute atomic E-state index is 0.340. The highest BCUT2D eigenvalue weighted by molar-refractivity contribution is 5.78. The van der Waals surface area contributed by atoms with Crippen LogP contribution in [0.25, 0.3) is 0 Å². The van der Waals surface area contributed by atoms with E-state index in [0.29, 0.717) is 32.0 Å². The van der Waals surface area contributed by atoms with E-state index in [4.69, 9.17) is 9.47 Å². The van der Waals surface area contributed by atoms with Gasteiger partial charge in [-0.05, 0) is 6.42 Å². The smallest absolute Gasteiger partial charge is 0.135 e. The molecule has 0 N–H and O–H groups in total. The second-order valence-corrected chi connectivity index (χ2v) is 5.83. The normalized spacial score (nSPS) is 11.0. The highest BCUT2D eigenvalue weighted by Gasteiger charge is 2.01. The first-order valence-electron chi connectivity index (χ1n) is 8.89. The number of rotatable bonds is 17. The molecule has 0 heterocycles. The molecule has 0 rings (SSSR count). The van der Waals surface area contributed by atoms with Crippen molar-refractivity contribution < 1.29 is 14.3 Å². The maximum absolute atomic E-state index is 11.6. The van der Waals surface area contributed by atoms with Gasteiger partial charge in [-0.3, -0.25) is 4.79 Å². The van der Waals surface area contributed by atoms with Crippen LogP contribution in [0.2, 0.25) is 0 Å². The predicted octanol–water partition coefficient (Wildman–Crippen LogP) is 4.92. The van der Waals surface area contributed by atoms with E-state index < -0.39 is 0 Å². The summed E-state index contributed by atoms with van der Waals surface area (Å²) in [7, 11) is 1.65. The van der Waals surface area contributed by atoms with E-state index in [2.05, 4.69) is 6.92 Å². The van der Waals surface area contributed by atoms with Gasteiger partial charge in [0.15, 0.2) is 0 Å². The Hall–Kier alpha value is -0.410. The largest absolute Gasteiger partial charge is 0.382 e. The molecule has 0 aliphatic rings. The zero-order valence-electron chi connectivity index (χ0n) is 14.3. The molecule has 0 amide bonds. The molecule has 0 aliphatic carbocycles. The molecule has 126 valence electrons. The van der Waals surface area contributed by atoms with Gasteiger partial charge in [0.25, 0.3) is 0 Å². The van der Waals surface area contributed by atoms with Crippen molar-refractivity contribution in [2.24, 2.45) is 0 Å². The van der Waals surface area contributed by atoms with E-state index in [-0.39, 0.29) is 0 Å². The number of carbonyl (C=O) groups excluding carboxylic acids is 1. The molecule has 0 saturated heterocycles. The molecule has 3 nitrogen and oxygen atoms in total. The Labute approximate surface area is 131 Å². The van der Waals surface area contributed by atoms with Gasteiger partial charge < -0.3 is 9.47 Å².